The van der Waals surface area contributed by atoms with Crippen molar-refractivity contribution in [2.24, 2.45) is 0 Å². The molecule has 0 saturated carbocycles. The summed E-state index contributed by atoms with van der Waals surface area (Å²) in [7, 11) is 0. The van der Waals surface area contributed by atoms with Crippen LogP contribution in [0.4, 0.5) is 17.1 Å². The molecule has 0 amide bonds. The van der Waals surface area contributed by atoms with Crippen molar-refractivity contribution in [3.63, 3.8) is 0 Å². The fourth-order valence-electron chi connectivity index (χ4n) is 3.11. The summed E-state index contributed by atoms with van der Waals surface area (Å²) in [5.74, 6) is 0. The van der Waals surface area contributed by atoms with Crippen LogP contribution in [0.15, 0.2) is 18.2 Å². The van der Waals surface area contributed by atoms with Gasteiger partial charge in [0.1, 0.15) is 5.69 Å². The number of rotatable bonds is 32. The van der Waals surface area contributed by atoms with E-state index in [9.17, 15) is 20.2 Å². The number of alkyl halides is 1. The first-order chi connectivity index (χ1) is 21.1. The maximum atomic E-state index is 11.1. The molecule has 0 unspecified atom stereocenters. The summed E-state index contributed by atoms with van der Waals surface area (Å²) in [5, 5.41) is 24.8. The molecule has 1 rings (SSSR count). The Balaban J connectivity index is 1.77. The molecule has 17 heteroatoms. The third-order valence-electron chi connectivity index (χ3n) is 5.15. The van der Waals surface area contributed by atoms with Gasteiger partial charge in [0, 0.05) is 17.0 Å². The molecule has 0 aliphatic heterocycles. The summed E-state index contributed by atoms with van der Waals surface area (Å²) >= 11 is 2.26. The van der Waals surface area contributed by atoms with Gasteiger partial charge in [-0.3, -0.25) is 20.2 Å². The maximum Gasteiger partial charge on any atom is 0.299 e. The molecule has 0 saturated heterocycles. The van der Waals surface area contributed by atoms with Crippen molar-refractivity contribution in [2.45, 2.75) is 0 Å². The first kappa shape index (κ1) is 39.2. The van der Waals surface area contributed by atoms with Crippen molar-refractivity contribution in [2.75, 3.05) is 135 Å². The molecule has 1 N–H and O–H groups in total. The summed E-state index contributed by atoms with van der Waals surface area (Å²) in [4.78, 5) is 20.6. The molecule has 0 aliphatic carbocycles. The molecule has 43 heavy (non-hydrogen) atoms. The van der Waals surface area contributed by atoms with Crippen LogP contribution >= 0.6 is 22.6 Å². The van der Waals surface area contributed by atoms with Crippen LogP contribution in [0.5, 0.6) is 0 Å². The molecule has 1 aromatic carbocycles. The molecule has 1 aromatic rings. The standard InChI is InChI=1S/C26H44IN3O13/c27-3-5-35-7-9-37-11-13-39-15-17-41-19-21-43-22-20-42-18-16-40-14-12-38-10-8-36-6-4-28-25-2-1-24(29(31)32)23-26(25)30(33)34/h1-2,23,28H,3-22H2. The molecule has 0 atom stereocenters. The average Bonchev–Trinajstić information content (AvgIpc) is 3.00. The monoisotopic (exact) mass is 733 g/mol. The van der Waals surface area contributed by atoms with Gasteiger partial charge >= 0.3 is 0 Å². The van der Waals surface area contributed by atoms with Crippen LogP contribution in [-0.2, 0) is 42.6 Å². The third kappa shape index (κ3) is 23.3. The molecule has 0 spiro atoms. The molecule has 0 heterocycles. The van der Waals surface area contributed by atoms with Gasteiger partial charge in [0.15, 0.2) is 0 Å². The van der Waals surface area contributed by atoms with Crippen LogP contribution in [0, 0.1) is 20.2 Å². The summed E-state index contributed by atoms with van der Waals surface area (Å²) in [6, 6.07) is 3.43. The Hall–Kier alpha value is -1.81. The topological polar surface area (TPSA) is 181 Å². The van der Waals surface area contributed by atoms with Gasteiger partial charge in [-0.1, -0.05) is 22.6 Å². The Morgan fingerprint density at radius 2 is 0.884 bits per heavy atom. The van der Waals surface area contributed by atoms with E-state index in [1.165, 1.54) is 12.1 Å². The summed E-state index contributed by atoms with van der Waals surface area (Å²) in [6.07, 6.45) is 0. The van der Waals surface area contributed by atoms with Crippen LogP contribution in [0.1, 0.15) is 0 Å². The van der Waals surface area contributed by atoms with Crippen LogP contribution in [0.25, 0.3) is 0 Å². The Morgan fingerprint density at radius 1 is 0.535 bits per heavy atom. The fourth-order valence-corrected chi connectivity index (χ4v) is 3.42. The SMILES string of the molecule is O=[N+]([O-])c1ccc(NCCOCCOCCOCCOCCOCCOCCOCCOCCOCCI)c([N+](=O)[O-])c1. The van der Waals surface area contributed by atoms with Crippen molar-refractivity contribution >= 4 is 39.7 Å². The Morgan fingerprint density at radius 3 is 1.21 bits per heavy atom. The van der Waals surface area contributed by atoms with Crippen LogP contribution < -0.4 is 5.32 Å². The number of hydrogen-bond acceptors (Lipinski definition) is 14. The molecule has 0 aromatic heterocycles. The lowest BCUT2D eigenvalue weighted by Gasteiger charge is -2.09. The van der Waals surface area contributed by atoms with Gasteiger partial charge in [-0.05, 0) is 6.07 Å². The van der Waals surface area contributed by atoms with Crippen LogP contribution in [0.2, 0.25) is 0 Å². The second kappa shape index (κ2) is 28.9. The number of halogens is 1. The smallest absolute Gasteiger partial charge is 0.299 e. The van der Waals surface area contributed by atoms with Crippen molar-refractivity contribution in [3.8, 4) is 0 Å². The number of non-ortho nitro benzene ring substituents is 1. The predicted molar refractivity (Wildman–Crippen MR) is 164 cm³/mol. The average molecular weight is 734 g/mol. The van der Waals surface area contributed by atoms with Crippen LogP contribution in [-0.4, -0.2) is 140 Å². The van der Waals surface area contributed by atoms with E-state index in [4.69, 9.17) is 42.6 Å². The zero-order valence-corrected chi connectivity index (χ0v) is 26.6. The van der Waals surface area contributed by atoms with E-state index < -0.39 is 9.85 Å². The van der Waals surface area contributed by atoms with Gasteiger partial charge in [0.05, 0.1) is 135 Å². The highest BCUT2D eigenvalue weighted by Gasteiger charge is 2.19. The zero-order valence-electron chi connectivity index (χ0n) is 24.5. The minimum atomic E-state index is -0.680. The van der Waals surface area contributed by atoms with Gasteiger partial charge < -0.3 is 47.9 Å². The number of hydrogen-bond donors (Lipinski definition) is 1. The number of ether oxygens (including phenoxy) is 9. The van der Waals surface area contributed by atoms with E-state index in [2.05, 4.69) is 27.9 Å². The number of nitro benzene ring substituents is 2. The molecular formula is C26H44IN3O13. The quantitative estimate of drug-likeness (QED) is 0.0375. The first-order valence-electron chi connectivity index (χ1n) is 14.0. The number of nitro groups is 2. The largest absolute Gasteiger partial charge is 0.378 e. The van der Waals surface area contributed by atoms with Gasteiger partial charge in [-0.25, -0.2) is 0 Å². The van der Waals surface area contributed by atoms with E-state index >= 15 is 0 Å². The van der Waals surface area contributed by atoms with Crippen molar-refractivity contribution in [3.05, 3.63) is 38.4 Å². The lowest BCUT2D eigenvalue weighted by Crippen LogP contribution is -2.15. The molecule has 0 radical (unpaired) electrons. The Bertz CT molecular complexity index is 841. The molecular weight excluding hydrogens is 689 g/mol. The second-order valence-corrected chi connectivity index (χ2v) is 9.42. The van der Waals surface area contributed by atoms with E-state index in [1.54, 1.807) is 0 Å². The Labute approximate surface area is 265 Å². The summed E-state index contributed by atoms with van der Waals surface area (Å²) < 4.78 is 49.7. The molecule has 248 valence electrons. The van der Waals surface area contributed by atoms with E-state index in [0.29, 0.717) is 112 Å². The van der Waals surface area contributed by atoms with E-state index in [1.807, 2.05) is 0 Å². The highest BCUT2D eigenvalue weighted by molar-refractivity contribution is 14.1. The number of nitrogens with zero attached hydrogens (tertiary/aromatic N) is 2. The van der Waals surface area contributed by atoms with Crippen molar-refractivity contribution in [1.29, 1.82) is 0 Å². The summed E-state index contributed by atoms with van der Waals surface area (Å²) in [5.41, 5.74) is -0.517. The highest BCUT2D eigenvalue weighted by atomic mass is 127. The number of benzene rings is 1. The first-order valence-corrected chi connectivity index (χ1v) is 15.5. The van der Waals surface area contributed by atoms with Crippen molar-refractivity contribution < 1.29 is 52.5 Å². The number of anilines is 1. The zero-order chi connectivity index (χ0) is 31.2. The van der Waals surface area contributed by atoms with Crippen LogP contribution in [0.3, 0.4) is 0 Å². The summed E-state index contributed by atoms with van der Waals surface area (Å²) in [6.45, 7) is 8.97. The third-order valence-corrected chi connectivity index (χ3v) is 5.59. The maximum absolute atomic E-state index is 11.1. The molecule has 0 bridgehead atoms. The van der Waals surface area contributed by atoms with Gasteiger partial charge in [-0.2, -0.15) is 0 Å². The van der Waals surface area contributed by atoms with E-state index in [0.717, 1.165) is 17.1 Å². The lowest BCUT2D eigenvalue weighted by atomic mass is 10.2. The second-order valence-electron chi connectivity index (χ2n) is 8.34. The predicted octanol–water partition coefficient (Wildman–Crippen LogP) is 2.50. The number of nitrogens with one attached hydrogen (secondary N) is 1. The van der Waals surface area contributed by atoms with Gasteiger partial charge in [0.25, 0.3) is 11.4 Å². The molecule has 16 nitrogen and oxygen atoms in total. The lowest BCUT2D eigenvalue weighted by molar-refractivity contribution is -0.393. The normalized spacial score (nSPS) is 11.2. The van der Waals surface area contributed by atoms with E-state index in [-0.39, 0.29) is 23.7 Å². The minimum absolute atomic E-state index is 0.189. The molecule has 0 aliphatic rings. The van der Waals surface area contributed by atoms with Gasteiger partial charge in [-0.15, -0.1) is 0 Å². The van der Waals surface area contributed by atoms with Gasteiger partial charge in [0.2, 0.25) is 0 Å². The Kier molecular flexibility index (Phi) is 26.4. The van der Waals surface area contributed by atoms with Crippen molar-refractivity contribution in [1.82, 2.24) is 0 Å². The minimum Gasteiger partial charge on any atom is -0.378 e. The fraction of sp³-hybridized carbons (Fsp3) is 0.769. The highest BCUT2D eigenvalue weighted by Crippen LogP contribution is 2.28. The molecule has 0 fully saturated rings.